The third-order valence-electron chi connectivity index (χ3n) is 3.80. The molecule has 5 nitrogen and oxygen atoms in total. The molecule has 3 N–H and O–H groups in total. The number of guanidine groups is 1. The van der Waals surface area contributed by atoms with Crippen molar-refractivity contribution in [2.45, 2.75) is 17.9 Å². The number of carbonyl (C=O) groups is 1. The zero-order valence-corrected chi connectivity index (χ0v) is 16.4. The van der Waals surface area contributed by atoms with E-state index in [-0.39, 0.29) is 11.7 Å². The second kappa shape index (κ2) is 11.2. The van der Waals surface area contributed by atoms with Gasteiger partial charge < -0.3 is 16.0 Å². The SMILES string of the molecule is CN=C(NCCCSc1ccc(F)cc1)NCc1cccc(C(=O)NC)c1. The fourth-order valence-electron chi connectivity index (χ4n) is 2.37. The second-order valence-electron chi connectivity index (χ2n) is 5.79. The molecule has 0 aliphatic rings. The molecule has 0 unspecified atom stereocenters. The first-order valence-corrected chi connectivity index (χ1v) is 9.75. The van der Waals surface area contributed by atoms with E-state index in [1.54, 1.807) is 44.1 Å². The van der Waals surface area contributed by atoms with Crippen LogP contribution in [0.3, 0.4) is 0 Å². The highest BCUT2D eigenvalue weighted by atomic mass is 32.2. The molecule has 0 atom stereocenters. The van der Waals surface area contributed by atoms with Crippen molar-refractivity contribution in [1.29, 1.82) is 0 Å². The summed E-state index contributed by atoms with van der Waals surface area (Å²) in [5.74, 6) is 1.34. The number of thioether (sulfide) groups is 1. The minimum atomic E-state index is -0.211. The van der Waals surface area contributed by atoms with Gasteiger partial charge in [0, 0.05) is 37.6 Å². The predicted octanol–water partition coefficient (Wildman–Crippen LogP) is 3.03. The van der Waals surface area contributed by atoms with Crippen molar-refractivity contribution in [1.82, 2.24) is 16.0 Å². The molecule has 0 aliphatic carbocycles. The summed E-state index contributed by atoms with van der Waals surface area (Å²) in [6, 6.07) is 14.0. The Labute approximate surface area is 163 Å². The van der Waals surface area contributed by atoms with Crippen LogP contribution in [0.25, 0.3) is 0 Å². The van der Waals surface area contributed by atoms with E-state index in [2.05, 4.69) is 20.9 Å². The molecule has 144 valence electrons. The summed E-state index contributed by atoms with van der Waals surface area (Å²) in [5.41, 5.74) is 1.64. The number of rotatable bonds is 8. The minimum Gasteiger partial charge on any atom is -0.356 e. The normalized spacial score (nSPS) is 11.1. The molecular weight excluding hydrogens is 363 g/mol. The van der Waals surface area contributed by atoms with Crippen LogP contribution in [0.2, 0.25) is 0 Å². The van der Waals surface area contributed by atoms with Gasteiger partial charge in [0.05, 0.1) is 0 Å². The third kappa shape index (κ3) is 7.30. The van der Waals surface area contributed by atoms with Crippen LogP contribution < -0.4 is 16.0 Å². The number of halogens is 1. The molecule has 2 aromatic carbocycles. The van der Waals surface area contributed by atoms with E-state index in [9.17, 15) is 9.18 Å². The van der Waals surface area contributed by atoms with E-state index >= 15 is 0 Å². The van der Waals surface area contributed by atoms with Crippen molar-refractivity contribution in [2.75, 3.05) is 26.4 Å². The van der Waals surface area contributed by atoms with Gasteiger partial charge in [0.25, 0.3) is 5.91 Å². The lowest BCUT2D eigenvalue weighted by atomic mass is 10.1. The minimum absolute atomic E-state index is 0.0991. The van der Waals surface area contributed by atoms with Crippen LogP contribution in [0.1, 0.15) is 22.3 Å². The lowest BCUT2D eigenvalue weighted by molar-refractivity contribution is 0.0963. The fraction of sp³-hybridized carbons (Fsp3) is 0.300. The molecule has 2 aromatic rings. The van der Waals surface area contributed by atoms with Gasteiger partial charge in [-0.15, -0.1) is 11.8 Å². The first kappa shape index (κ1) is 20.8. The molecule has 0 bridgehead atoms. The van der Waals surface area contributed by atoms with Crippen molar-refractivity contribution >= 4 is 23.6 Å². The van der Waals surface area contributed by atoms with E-state index in [1.807, 2.05) is 18.2 Å². The highest BCUT2D eigenvalue weighted by Crippen LogP contribution is 2.18. The monoisotopic (exact) mass is 388 g/mol. The highest BCUT2D eigenvalue weighted by Gasteiger charge is 2.04. The lowest BCUT2D eigenvalue weighted by Crippen LogP contribution is -2.37. The molecule has 2 rings (SSSR count). The summed E-state index contributed by atoms with van der Waals surface area (Å²) in [6.07, 6.45) is 0.953. The molecule has 0 fully saturated rings. The molecule has 0 heterocycles. The van der Waals surface area contributed by atoms with E-state index in [0.29, 0.717) is 18.1 Å². The average molecular weight is 389 g/mol. The standard InChI is InChI=1S/C20H25FN4OS/c1-22-19(26)16-6-3-5-15(13-16)14-25-20(23-2)24-11-4-12-27-18-9-7-17(21)8-10-18/h3,5-10,13H,4,11-12,14H2,1-2H3,(H,22,26)(H2,23,24,25). The van der Waals surface area contributed by atoms with Crippen molar-refractivity contribution in [3.05, 3.63) is 65.5 Å². The van der Waals surface area contributed by atoms with Gasteiger partial charge in [-0.1, -0.05) is 12.1 Å². The number of hydrogen-bond donors (Lipinski definition) is 3. The average Bonchev–Trinajstić information content (AvgIpc) is 2.71. The number of benzene rings is 2. The summed E-state index contributed by atoms with van der Waals surface area (Å²) >= 11 is 1.70. The Hall–Kier alpha value is -2.54. The van der Waals surface area contributed by atoms with Crippen LogP contribution in [0.15, 0.2) is 58.4 Å². The third-order valence-corrected chi connectivity index (χ3v) is 4.89. The summed E-state index contributed by atoms with van der Waals surface area (Å²) in [7, 11) is 3.34. The van der Waals surface area contributed by atoms with E-state index in [0.717, 1.165) is 29.2 Å². The number of hydrogen-bond acceptors (Lipinski definition) is 3. The van der Waals surface area contributed by atoms with Gasteiger partial charge in [0.15, 0.2) is 5.96 Å². The maximum absolute atomic E-state index is 12.9. The van der Waals surface area contributed by atoms with Crippen LogP contribution in [0.4, 0.5) is 4.39 Å². The van der Waals surface area contributed by atoms with Crippen molar-refractivity contribution in [2.24, 2.45) is 4.99 Å². The lowest BCUT2D eigenvalue weighted by Gasteiger charge is -2.12. The molecule has 1 amide bonds. The largest absolute Gasteiger partial charge is 0.356 e. The summed E-state index contributed by atoms with van der Waals surface area (Å²) in [4.78, 5) is 17.0. The van der Waals surface area contributed by atoms with Gasteiger partial charge >= 0.3 is 0 Å². The van der Waals surface area contributed by atoms with E-state index in [1.165, 1.54) is 12.1 Å². The summed E-state index contributed by atoms with van der Waals surface area (Å²) < 4.78 is 12.9. The maximum atomic E-state index is 12.9. The van der Waals surface area contributed by atoms with Crippen LogP contribution in [0.5, 0.6) is 0 Å². The number of nitrogens with one attached hydrogen (secondary N) is 3. The molecule has 0 saturated carbocycles. The second-order valence-corrected chi connectivity index (χ2v) is 6.96. The van der Waals surface area contributed by atoms with Crippen LogP contribution in [-0.2, 0) is 6.54 Å². The highest BCUT2D eigenvalue weighted by molar-refractivity contribution is 7.99. The number of amides is 1. The summed E-state index contributed by atoms with van der Waals surface area (Å²) in [6.45, 7) is 1.36. The molecule has 0 saturated heterocycles. The van der Waals surface area contributed by atoms with Crippen molar-refractivity contribution < 1.29 is 9.18 Å². The van der Waals surface area contributed by atoms with E-state index in [4.69, 9.17) is 0 Å². The Morgan fingerprint density at radius 3 is 2.63 bits per heavy atom. The number of nitrogens with zero attached hydrogens (tertiary/aromatic N) is 1. The van der Waals surface area contributed by atoms with E-state index < -0.39 is 0 Å². The number of aliphatic imine (C=N–C) groups is 1. The quantitative estimate of drug-likeness (QED) is 0.281. The smallest absolute Gasteiger partial charge is 0.251 e. The van der Waals surface area contributed by atoms with Crippen LogP contribution >= 0.6 is 11.8 Å². The van der Waals surface area contributed by atoms with Crippen molar-refractivity contribution in [3.8, 4) is 0 Å². The topological polar surface area (TPSA) is 65.5 Å². The Kier molecular flexibility index (Phi) is 8.64. The molecular formula is C20H25FN4OS. The van der Waals surface area contributed by atoms with Gasteiger partial charge in [-0.25, -0.2) is 4.39 Å². The Balaban J connectivity index is 1.70. The molecule has 7 heteroatoms. The zero-order valence-electron chi connectivity index (χ0n) is 15.6. The van der Waals surface area contributed by atoms with Gasteiger partial charge in [-0.2, -0.15) is 0 Å². The van der Waals surface area contributed by atoms with Crippen molar-refractivity contribution in [3.63, 3.8) is 0 Å². The predicted molar refractivity (Wildman–Crippen MR) is 110 cm³/mol. The van der Waals surface area contributed by atoms with Gasteiger partial charge in [0.2, 0.25) is 0 Å². The molecule has 0 radical (unpaired) electrons. The molecule has 0 aromatic heterocycles. The first-order chi connectivity index (χ1) is 13.1. The van der Waals surface area contributed by atoms with Crippen LogP contribution in [0, 0.1) is 5.82 Å². The molecule has 0 spiro atoms. The molecule has 27 heavy (non-hydrogen) atoms. The zero-order chi connectivity index (χ0) is 19.5. The van der Waals surface area contributed by atoms with Gasteiger partial charge in [-0.3, -0.25) is 9.79 Å². The molecule has 0 aliphatic heterocycles. The Morgan fingerprint density at radius 2 is 1.93 bits per heavy atom. The fourth-order valence-corrected chi connectivity index (χ4v) is 3.23. The first-order valence-electron chi connectivity index (χ1n) is 8.76. The Morgan fingerprint density at radius 1 is 1.15 bits per heavy atom. The maximum Gasteiger partial charge on any atom is 0.251 e. The Bertz CT molecular complexity index is 765. The number of carbonyl (C=O) groups excluding carboxylic acids is 1. The summed E-state index contributed by atoms with van der Waals surface area (Å²) in [5, 5.41) is 9.14. The van der Waals surface area contributed by atoms with Gasteiger partial charge in [0.1, 0.15) is 5.82 Å². The van der Waals surface area contributed by atoms with Crippen LogP contribution in [-0.4, -0.2) is 38.3 Å². The van der Waals surface area contributed by atoms with Gasteiger partial charge in [-0.05, 0) is 54.1 Å².